The molecule has 1 aromatic rings. The van der Waals surface area contributed by atoms with E-state index in [0.717, 1.165) is 22.6 Å². The van der Waals surface area contributed by atoms with E-state index in [-0.39, 0.29) is 5.38 Å². The molecule has 0 spiro atoms. The maximum absolute atomic E-state index is 6.63. The second kappa shape index (κ2) is 8.29. The van der Waals surface area contributed by atoms with E-state index in [1.54, 1.807) is 0 Å². The molecule has 1 fully saturated rings. The Kier molecular flexibility index (Phi) is 6.70. The van der Waals surface area contributed by atoms with Crippen molar-refractivity contribution in [1.82, 2.24) is 0 Å². The summed E-state index contributed by atoms with van der Waals surface area (Å²) >= 11 is 10.2. The third-order valence-electron chi connectivity index (χ3n) is 4.13. The first-order chi connectivity index (χ1) is 9.70. The zero-order chi connectivity index (χ0) is 14.4. The van der Waals surface area contributed by atoms with Gasteiger partial charge in [0.15, 0.2) is 0 Å². The fourth-order valence-corrected chi connectivity index (χ4v) is 3.91. The SMILES string of the molecule is CCOc1ccc(C(Cl)CC2CCCCCC2)cc1Br. The average Bonchev–Trinajstić information content (AvgIpc) is 2.70. The molecule has 0 aromatic heterocycles. The van der Waals surface area contributed by atoms with E-state index in [2.05, 4.69) is 28.1 Å². The molecule has 1 nitrogen and oxygen atoms in total. The lowest BCUT2D eigenvalue weighted by Crippen LogP contribution is -2.04. The van der Waals surface area contributed by atoms with Crippen molar-refractivity contribution in [2.24, 2.45) is 5.92 Å². The molecule has 1 aliphatic carbocycles. The summed E-state index contributed by atoms with van der Waals surface area (Å²) in [4.78, 5) is 0. The molecule has 0 saturated heterocycles. The van der Waals surface area contributed by atoms with Crippen LogP contribution in [0.3, 0.4) is 0 Å². The fraction of sp³-hybridized carbons (Fsp3) is 0.647. The summed E-state index contributed by atoms with van der Waals surface area (Å²) in [6.07, 6.45) is 9.35. The minimum absolute atomic E-state index is 0.116. The smallest absolute Gasteiger partial charge is 0.133 e. The van der Waals surface area contributed by atoms with Gasteiger partial charge < -0.3 is 4.74 Å². The van der Waals surface area contributed by atoms with E-state index in [1.807, 2.05) is 13.0 Å². The van der Waals surface area contributed by atoms with Gasteiger partial charge in [-0.15, -0.1) is 11.6 Å². The van der Waals surface area contributed by atoms with E-state index in [1.165, 1.54) is 44.1 Å². The molecule has 1 aliphatic rings. The predicted molar refractivity (Wildman–Crippen MR) is 89.7 cm³/mol. The number of hydrogen-bond donors (Lipinski definition) is 0. The van der Waals surface area contributed by atoms with Crippen LogP contribution >= 0.6 is 27.5 Å². The van der Waals surface area contributed by atoms with Gasteiger partial charge in [0.2, 0.25) is 0 Å². The van der Waals surface area contributed by atoms with Crippen LogP contribution in [-0.4, -0.2) is 6.61 Å². The number of halogens is 2. The summed E-state index contributed by atoms with van der Waals surface area (Å²) in [5.41, 5.74) is 1.20. The molecule has 0 aliphatic heterocycles. The van der Waals surface area contributed by atoms with Gasteiger partial charge in [-0.05, 0) is 52.9 Å². The van der Waals surface area contributed by atoms with Crippen LogP contribution in [0.2, 0.25) is 0 Å². The summed E-state index contributed by atoms with van der Waals surface area (Å²) in [6, 6.07) is 6.23. The van der Waals surface area contributed by atoms with Crippen molar-refractivity contribution in [3.05, 3.63) is 28.2 Å². The van der Waals surface area contributed by atoms with Crippen molar-refractivity contribution in [1.29, 1.82) is 0 Å². The van der Waals surface area contributed by atoms with Crippen LogP contribution in [0.1, 0.15) is 62.8 Å². The second-order valence-corrected chi connectivity index (χ2v) is 7.06. The van der Waals surface area contributed by atoms with Crippen LogP contribution in [0.5, 0.6) is 5.75 Å². The van der Waals surface area contributed by atoms with Crippen molar-refractivity contribution < 1.29 is 4.74 Å². The van der Waals surface area contributed by atoms with Crippen LogP contribution in [0.25, 0.3) is 0 Å². The molecule has 0 radical (unpaired) electrons. The highest BCUT2D eigenvalue weighted by Gasteiger charge is 2.18. The van der Waals surface area contributed by atoms with Crippen molar-refractivity contribution in [3.63, 3.8) is 0 Å². The zero-order valence-electron chi connectivity index (χ0n) is 12.2. The van der Waals surface area contributed by atoms with E-state index >= 15 is 0 Å². The van der Waals surface area contributed by atoms with Crippen molar-refractivity contribution in [3.8, 4) is 5.75 Å². The Morgan fingerprint density at radius 1 is 1.25 bits per heavy atom. The van der Waals surface area contributed by atoms with Crippen molar-refractivity contribution in [2.75, 3.05) is 6.61 Å². The molecule has 0 bridgehead atoms. The summed E-state index contributed by atoms with van der Waals surface area (Å²) in [7, 11) is 0. The highest BCUT2D eigenvalue weighted by atomic mass is 79.9. The van der Waals surface area contributed by atoms with E-state index in [4.69, 9.17) is 16.3 Å². The van der Waals surface area contributed by atoms with Gasteiger partial charge in [-0.25, -0.2) is 0 Å². The maximum Gasteiger partial charge on any atom is 0.133 e. The first-order valence-electron chi connectivity index (χ1n) is 7.77. The normalized spacial score (nSPS) is 18.6. The van der Waals surface area contributed by atoms with E-state index in [0.29, 0.717) is 6.61 Å². The quantitative estimate of drug-likeness (QED) is 0.431. The zero-order valence-corrected chi connectivity index (χ0v) is 14.5. The Hall–Kier alpha value is -0.210. The number of hydrogen-bond acceptors (Lipinski definition) is 1. The van der Waals surface area contributed by atoms with Gasteiger partial charge >= 0.3 is 0 Å². The average molecular weight is 360 g/mol. The van der Waals surface area contributed by atoms with Crippen LogP contribution < -0.4 is 4.74 Å². The van der Waals surface area contributed by atoms with Crippen LogP contribution in [0.15, 0.2) is 22.7 Å². The second-order valence-electron chi connectivity index (χ2n) is 5.68. The largest absolute Gasteiger partial charge is 0.493 e. The molecular formula is C17H24BrClO. The highest BCUT2D eigenvalue weighted by Crippen LogP contribution is 2.37. The molecule has 0 amide bonds. The first kappa shape index (κ1) is 16.2. The standard InChI is InChI=1S/C17H24BrClO/c1-2-20-17-10-9-14(12-15(17)18)16(19)11-13-7-5-3-4-6-8-13/h9-10,12-13,16H,2-8,11H2,1H3. The molecule has 112 valence electrons. The number of benzene rings is 1. The number of ether oxygens (including phenoxy) is 1. The van der Waals surface area contributed by atoms with Gasteiger partial charge in [-0.3, -0.25) is 0 Å². The molecule has 3 heteroatoms. The monoisotopic (exact) mass is 358 g/mol. The van der Waals surface area contributed by atoms with E-state index in [9.17, 15) is 0 Å². The van der Waals surface area contributed by atoms with Crippen LogP contribution in [-0.2, 0) is 0 Å². The Balaban J connectivity index is 1.97. The predicted octanol–water partition coefficient (Wildman–Crippen LogP) is 6.49. The van der Waals surface area contributed by atoms with Crippen molar-refractivity contribution >= 4 is 27.5 Å². The third-order valence-corrected chi connectivity index (χ3v) is 5.18. The van der Waals surface area contributed by atoms with Crippen LogP contribution in [0.4, 0.5) is 0 Å². The lowest BCUT2D eigenvalue weighted by Gasteiger charge is -2.19. The lowest BCUT2D eigenvalue weighted by atomic mass is 9.92. The Bertz CT molecular complexity index is 413. The Morgan fingerprint density at radius 2 is 1.95 bits per heavy atom. The summed E-state index contributed by atoms with van der Waals surface area (Å²) in [5.74, 6) is 1.69. The first-order valence-corrected chi connectivity index (χ1v) is 9.00. The fourth-order valence-electron chi connectivity index (χ4n) is 3.01. The summed E-state index contributed by atoms with van der Waals surface area (Å²) in [6.45, 7) is 2.68. The molecule has 20 heavy (non-hydrogen) atoms. The van der Waals surface area contributed by atoms with Crippen LogP contribution in [0, 0.1) is 5.92 Å². The van der Waals surface area contributed by atoms with Crippen molar-refractivity contribution in [2.45, 2.75) is 57.2 Å². The molecule has 1 saturated carbocycles. The Labute approximate surface area is 136 Å². The van der Waals surface area contributed by atoms with Gasteiger partial charge in [0.05, 0.1) is 16.5 Å². The molecule has 2 rings (SSSR count). The molecular weight excluding hydrogens is 336 g/mol. The minimum atomic E-state index is 0.116. The number of rotatable bonds is 5. The lowest BCUT2D eigenvalue weighted by molar-refractivity contribution is 0.338. The summed E-state index contributed by atoms with van der Waals surface area (Å²) < 4.78 is 6.55. The molecule has 1 atom stereocenters. The molecule has 0 heterocycles. The minimum Gasteiger partial charge on any atom is -0.493 e. The topological polar surface area (TPSA) is 9.23 Å². The Morgan fingerprint density at radius 3 is 2.55 bits per heavy atom. The van der Waals surface area contributed by atoms with E-state index < -0.39 is 0 Å². The van der Waals surface area contributed by atoms with Gasteiger partial charge in [-0.2, -0.15) is 0 Å². The highest BCUT2D eigenvalue weighted by molar-refractivity contribution is 9.10. The van der Waals surface area contributed by atoms with Gasteiger partial charge in [0, 0.05) is 0 Å². The molecule has 1 unspecified atom stereocenters. The third kappa shape index (κ3) is 4.66. The summed E-state index contributed by atoms with van der Waals surface area (Å²) in [5, 5.41) is 0.116. The molecule has 1 aromatic carbocycles. The van der Waals surface area contributed by atoms with Gasteiger partial charge in [-0.1, -0.05) is 44.6 Å². The molecule has 0 N–H and O–H groups in total. The maximum atomic E-state index is 6.63. The van der Waals surface area contributed by atoms with Gasteiger partial charge in [0.1, 0.15) is 5.75 Å². The van der Waals surface area contributed by atoms with Gasteiger partial charge in [0.25, 0.3) is 0 Å². The number of alkyl halides is 1.